The van der Waals surface area contributed by atoms with Gasteiger partial charge in [-0.3, -0.25) is 9.52 Å². The third kappa shape index (κ3) is 6.68. The summed E-state index contributed by atoms with van der Waals surface area (Å²) >= 11 is 0. The number of nitrogens with zero attached hydrogens (tertiary/aromatic N) is 1. The molecule has 2 aromatic carbocycles. The fourth-order valence-corrected chi connectivity index (χ4v) is 6.83. The van der Waals surface area contributed by atoms with Gasteiger partial charge in [0.1, 0.15) is 17.4 Å². The molecule has 0 radical (unpaired) electrons. The lowest BCUT2D eigenvalue weighted by molar-refractivity contribution is 0.0964. The standard InChI is InChI=1S/C28H30FN3O6S2/c1-3-19-18-23-24(27(33)30-2)25(20-12-14-21(29)15-13-20)38-28(23)31-26(19)32-40(36,37)17-9-5-8-16-39(34,35)22-10-6-4-7-11-22/h4,6-7,10-15,18H,3,5,8-9,16-17H2,1-2H3,(H,30,33)(H,31,32). The molecule has 0 bridgehead atoms. The lowest BCUT2D eigenvalue weighted by atomic mass is 10.0. The summed E-state index contributed by atoms with van der Waals surface area (Å²) in [5, 5.41) is 2.97. The highest BCUT2D eigenvalue weighted by molar-refractivity contribution is 7.92. The van der Waals surface area contributed by atoms with Crippen molar-refractivity contribution in [3.63, 3.8) is 0 Å². The Balaban J connectivity index is 1.50. The molecule has 9 nitrogen and oxygen atoms in total. The quantitative estimate of drug-likeness (QED) is 0.224. The molecule has 0 atom stereocenters. The van der Waals surface area contributed by atoms with Crippen LogP contribution in [-0.4, -0.2) is 46.3 Å². The first kappa shape index (κ1) is 29.2. The summed E-state index contributed by atoms with van der Waals surface area (Å²) < 4.78 is 72.5. The molecule has 0 aliphatic carbocycles. The van der Waals surface area contributed by atoms with Gasteiger partial charge < -0.3 is 9.73 Å². The van der Waals surface area contributed by atoms with Crippen LogP contribution in [0.4, 0.5) is 10.2 Å². The second-order valence-electron chi connectivity index (χ2n) is 9.21. The highest BCUT2D eigenvalue weighted by Gasteiger charge is 2.25. The van der Waals surface area contributed by atoms with E-state index in [-0.39, 0.29) is 45.7 Å². The van der Waals surface area contributed by atoms with E-state index in [1.54, 1.807) is 24.3 Å². The van der Waals surface area contributed by atoms with Crippen LogP contribution < -0.4 is 10.0 Å². The van der Waals surface area contributed by atoms with Gasteiger partial charge >= 0.3 is 0 Å². The number of halogens is 1. The zero-order valence-electron chi connectivity index (χ0n) is 22.1. The maximum Gasteiger partial charge on any atom is 0.255 e. The first-order valence-electron chi connectivity index (χ1n) is 12.8. The Morgan fingerprint density at radius 3 is 2.27 bits per heavy atom. The zero-order chi connectivity index (χ0) is 28.9. The van der Waals surface area contributed by atoms with Crippen molar-refractivity contribution < 1.29 is 30.4 Å². The van der Waals surface area contributed by atoms with E-state index in [4.69, 9.17) is 4.42 Å². The second kappa shape index (κ2) is 12.2. The van der Waals surface area contributed by atoms with Crippen LogP contribution in [-0.2, 0) is 26.3 Å². The molecule has 1 amide bonds. The van der Waals surface area contributed by atoms with Gasteiger partial charge in [0.05, 0.1) is 27.4 Å². The number of aryl methyl sites for hydroxylation is 1. The molecule has 0 saturated carbocycles. The summed E-state index contributed by atoms with van der Waals surface area (Å²) in [7, 11) is -5.75. The first-order chi connectivity index (χ1) is 19.0. The topological polar surface area (TPSA) is 135 Å². The fraction of sp³-hybridized carbons (Fsp3) is 0.286. The number of furan rings is 1. The summed E-state index contributed by atoms with van der Waals surface area (Å²) in [6.45, 7) is 1.83. The van der Waals surface area contributed by atoms with Crippen LogP contribution in [0.1, 0.15) is 42.1 Å². The van der Waals surface area contributed by atoms with Gasteiger partial charge in [0.2, 0.25) is 15.7 Å². The summed E-state index contributed by atoms with van der Waals surface area (Å²) in [6.07, 6.45) is 1.43. The van der Waals surface area contributed by atoms with Crippen molar-refractivity contribution in [2.24, 2.45) is 0 Å². The van der Waals surface area contributed by atoms with Crippen LogP contribution >= 0.6 is 0 Å². The lowest BCUT2D eigenvalue weighted by Crippen LogP contribution is -2.19. The highest BCUT2D eigenvalue weighted by atomic mass is 32.2. The summed E-state index contributed by atoms with van der Waals surface area (Å²) in [6, 6.07) is 15.3. The SMILES string of the molecule is CCc1cc2c(C(=O)NC)c(-c3ccc(F)cc3)oc2nc1NS(=O)(=O)CCCCCS(=O)(=O)c1ccccc1. The van der Waals surface area contributed by atoms with Gasteiger partial charge in [-0.05, 0) is 67.3 Å². The number of aromatic nitrogens is 1. The van der Waals surface area contributed by atoms with Gasteiger partial charge in [-0.1, -0.05) is 31.5 Å². The number of carbonyl (C=O) groups is 1. The summed E-state index contributed by atoms with van der Waals surface area (Å²) in [5.41, 5.74) is 1.29. The van der Waals surface area contributed by atoms with Crippen LogP contribution in [0.15, 0.2) is 70.0 Å². The molecule has 2 N–H and O–H groups in total. The number of fused-ring (bicyclic) bond motifs is 1. The predicted molar refractivity (Wildman–Crippen MR) is 152 cm³/mol. The number of unbranched alkanes of at least 4 members (excludes halogenated alkanes) is 2. The van der Waals surface area contributed by atoms with E-state index in [9.17, 15) is 26.0 Å². The number of sulfonamides is 1. The molecule has 12 heteroatoms. The van der Waals surface area contributed by atoms with Gasteiger partial charge in [-0.25, -0.2) is 21.2 Å². The Morgan fingerprint density at radius 1 is 0.950 bits per heavy atom. The van der Waals surface area contributed by atoms with E-state index >= 15 is 0 Å². The molecule has 4 aromatic rings. The molecule has 0 aliphatic heterocycles. The smallest absolute Gasteiger partial charge is 0.255 e. The number of amides is 1. The minimum absolute atomic E-state index is 0.0546. The second-order valence-corrected chi connectivity index (χ2v) is 13.2. The van der Waals surface area contributed by atoms with Crippen molar-refractivity contribution in [3.05, 3.63) is 77.6 Å². The largest absolute Gasteiger partial charge is 0.437 e. The molecule has 40 heavy (non-hydrogen) atoms. The van der Waals surface area contributed by atoms with Crippen LogP contribution in [0.2, 0.25) is 0 Å². The van der Waals surface area contributed by atoms with Crippen LogP contribution in [0.25, 0.3) is 22.4 Å². The van der Waals surface area contributed by atoms with Gasteiger partial charge in [0.25, 0.3) is 5.91 Å². The summed E-state index contributed by atoms with van der Waals surface area (Å²) in [5.74, 6) is -0.875. The van der Waals surface area contributed by atoms with Crippen molar-refractivity contribution in [2.45, 2.75) is 37.5 Å². The van der Waals surface area contributed by atoms with Crippen LogP contribution in [0.3, 0.4) is 0 Å². The Hall–Kier alpha value is -3.77. The number of hydrogen-bond donors (Lipinski definition) is 2. The zero-order valence-corrected chi connectivity index (χ0v) is 23.7. The van der Waals surface area contributed by atoms with Crippen molar-refractivity contribution in [3.8, 4) is 11.3 Å². The van der Waals surface area contributed by atoms with Crippen molar-refractivity contribution in [1.82, 2.24) is 10.3 Å². The van der Waals surface area contributed by atoms with Gasteiger partial charge in [-0.15, -0.1) is 0 Å². The number of carbonyl (C=O) groups excluding carboxylic acids is 1. The van der Waals surface area contributed by atoms with Crippen molar-refractivity contribution in [1.29, 1.82) is 0 Å². The summed E-state index contributed by atoms with van der Waals surface area (Å²) in [4.78, 5) is 17.4. The minimum atomic E-state index is -3.81. The number of sulfone groups is 1. The van der Waals surface area contributed by atoms with Gasteiger partial charge in [0, 0.05) is 12.6 Å². The van der Waals surface area contributed by atoms with Gasteiger partial charge in [0.15, 0.2) is 9.84 Å². The highest BCUT2D eigenvalue weighted by Crippen LogP contribution is 2.35. The number of rotatable bonds is 12. The molecule has 0 aliphatic rings. The maximum atomic E-state index is 13.5. The number of nitrogens with one attached hydrogen (secondary N) is 2. The molecule has 212 valence electrons. The Labute approximate surface area is 232 Å². The molecule has 0 unspecified atom stereocenters. The third-order valence-electron chi connectivity index (χ3n) is 6.38. The number of anilines is 1. The predicted octanol–water partition coefficient (Wildman–Crippen LogP) is 4.94. The minimum Gasteiger partial charge on any atom is -0.437 e. The van der Waals surface area contributed by atoms with E-state index in [1.807, 2.05) is 6.92 Å². The molecule has 2 heterocycles. The Kier molecular flexibility index (Phi) is 8.89. The van der Waals surface area contributed by atoms with Gasteiger partial charge in [-0.2, -0.15) is 4.98 Å². The Morgan fingerprint density at radius 2 is 1.62 bits per heavy atom. The molecular weight excluding hydrogens is 557 g/mol. The fourth-order valence-electron chi connectivity index (χ4n) is 4.28. The molecule has 0 spiro atoms. The van der Waals surface area contributed by atoms with Crippen LogP contribution in [0, 0.1) is 5.82 Å². The molecule has 2 aromatic heterocycles. The van der Waals surface area contributed by atoms with E-state index in [0.717, 1.165) is 0 Å². The molecule has 0 saturated heterocycles. The Bertz CT molecular complexity index is 1720. The first-order valence-corrected chi connectivity index (χ1v) is 16.1. The molecule has 4 rings (SSSR count). The van der Waals surface area contributed by atoms with Crippen molar-refractivity contribution in [2.75, 3.05) is 23.3 Å². The van der Waals surface area contributed by atoms with E-state index in [0.29, 0.717) is 35.8 Å². The lowest BCUT2D eigenvalue weighted by Gasteiger charge is -2.11. The number of benzene rings is 2. The normalized spacial score (nSPS) is 12.0. The number of hydrogen-bond acceptors (Lipinski definition) is 7. The average Bonchev–Trinajstić information content (AvgIpc) is 3.30. The number of pyridine rings is 1. The van der Waals surface area contributed by atoms with E-state index in [2.05, 4.69) is 15.0 Å². The third-order valence-corrected chi connectivity index (χ3v) is 9.53. The molecule has 0 fully saturated rings. The monoisotopic (exact) mass is 587 g/mol. The van der Waals surface area contributed by atoms with Crippen LogP contribution in [0.5, 0.6) is 0 Å². The maximum absolute atomic E-state index is 13.5. The van der Waals surface area contributed by atoms with E-state index in [1.165, 1.54) is 43.4 Å². The average molecular weight is 588 g/mol. The van der Waals surface area contributed by atoms with Crippen molar-refractivity contribution >= 4 is 42.7 Å². The van der Waals surface area contributed by atoms with E-state index < -0.39 is 31.6 Å². The molecular formula is C28H30FN3O6S2.